The third kappa shape index (κ3) is 7.96. The van der Waals surface area contributed by atoms with Gasteiger partial charge in [0.2, 0.25) is 0 Å². The first kappa shape index (κ1) is 24.3. The molecule has 4 heteroatoms. The molecule has 1 aliphatic carbocycles. The van der Waals surface area contributed by atoms with Crippen molar-refractivity contribution in [1.82, 2.24) is 4.98 Å². The standard InChI is InChI=1S/C28H39NO3/c1-3-5-6-7-20-31-26-17-13-24(14-18-26)28(30)32-27-19-16-25(29-21-27)15-12-23-10-8-22(4-2)9-11-23/h13-14,16-19,21-23H,3-12,15,20H2,1-2H3. The summed E-state index contributed by atoms with van der Waals surface area (Å²) in [6.45, 7) is 5.22. The van der Waals surface area contributed by atoms with Crippen molar-refractivity contribution in [3.8, 4) is 11.5 Å². The van der Waals surface area contributed by atoms with Crippen LogP contribution < -0.4 is 9.47 Å². The minimum Gasteiger partial charge on any atom is -0.494 e. The number of nitrogens with zero attached hydrogens (tertiary/aromatic N) is 1. The molecule has 174 valence electrons. The monoisotopic (exact) mass is 437 g/mol. The quantitative estimate of drug-likeness (QED) is 0.256. The highest BCUT2D eigenvalue weighted by molar-refractivity contribution is 5.91. The summed E-state index contributed by atoms with van der Waals surface area (Å²) in [5.41, 5.74) is 1.58. The first-order valence-electron chi connectivity index (χ1n) is 12.6. The molecule has 0 spiro atoms. The molecule has 0 bridgehead atoms. The molecule has 32 heavy (non-hydrogen) atoms. The molecule has 4 nitrogen and oxygen atoms in total. The van der Waals surface area contributed by atoms with Crippen LogP contribution in [0.15, 0.2) is 42.6 Å². The van der Waals surface area contributed by atoms with E-state index in [1.165, 1.54) is 57.8 Å². The van der Waals surface area contributed by atoms with E-state index in [9.17, 15) is 4.79 Å². The van der Waals surface area contributed by atoms with Crippen LogP contribution in [0.25, 0.3) is 0 Å². The Balaban J connectivity index is 1.40. The van der Waals surface area contributed by atoms with Gasteiger partial charge in [0.1, 0.15) is 11.5 Å². The summed E-state index contributed by atoms with van der Waals surface area (Å²) >= 11 is 0. The van der Waals surface area contributed by atoms with E-state index in [0.29, 0.717) is 17.9 Å². The van der Waals surface area contributed by atoms with Crippen LogP contribution in [0.5, 0.6) is 11.5 Å². The van der Waals surface area contributed by atoms with Crippen molar-refractivity contribution in [2.45, 2.75) is 84.5 Å². The number of aryl methyl sites for hydroxylation is 1. The molecule has 1 fully saturated rings. The zero-order valence-corrected chi connectivity index (χ0v) is 19.9. The van der Waals surface area contributed by atoms with Crippen LogP contribution in [0.2, 0.25) is 0 Å². The van der Waals surface area contributed by atoms with E-state index in [0.717, 1.165) is 36.1 Å². The van der Waals surface area contributed by atoms with E-state index in [2.05, 4.69) is 18.8 Å². The van der Waals surface area contributed by atoms with Gasteiger partial charge in [-0.3, -0.25) is 4.98 Å². The first-order valence-corrected chi connectivity index (χ1v) is 12.6. The fraction of sp³-hybridized carbons (Fsp3) is 0.571. The number of benzene rings is 1. The second-order valence-corrected chi connectivity index (χ2v) is 9.14. The molecule has 1 aromatic carbocycles. The highest BCUT2D eigenvalue weighted by Crippen LogP contribution is 2.33. The van der Waals surface area contributed by atoms with E-state index in [4.69, 9.17) is 9.47 Å². The summed E-state index contributed by atoms with van der Waals surface area (Å²) in [5.74, 6) is 2.67. The molecule has 3 rings (SSSR count). The highest BCUT2D eigenvalue weighted by Gasteiger charge is 2.19. The third-order valence-electron chi connectivity index (χ3n) is 6.72. The molecule has 2 aromatic rings. The van der Waals surface area contributed by atoms with Crippen molar-refractivity contribution in [3.63, 3.8) is 0 Å². The van der Waals surface area contributed by atoms with Gasteiger partial charge in [-0.05, 0) is 67.5 Å². The predicted octanol–water partition coefficient (Wildman–Crippen LogP) is 7.41. The zero-order chi connectivity index (χ0) is 22.6. The number of esters is 1. The Labute approximate surface area is 193 Å². The van der Waals surface area contributed by atoms with Gasteiger partial charge in [-0.15, -0.1) is 0 Å². The van der Waals surface area contributed by atoms with Gasteiger partial charge in [0.05, 0.1) is 18.4 Å². The molecule has 0 radical (unpaired) electrons. The lowest BCUT2D eigenvalue weighted by Gasteiger charge is -2.27. The van der Waals surface area contributed by atoms with Crippen molar-refractivity contribution in [2.75, 3.05) is 6.61 Å². The maximum Gasteiger partial charge on any atom is 0.343 e. The number of ether oxygens (including phenoxy) is 2. The molecule has 1 aliphatic rings. The average molecular weight is 438 g/mol. The lowest BCUT2D eigenvalue weighted by atomic mass is 9.79. The van der Waals surface area contributed by atoms with E-state index in [1.54, 1.807) is 18.3 Å². The number of aromatic nitrogens is 1. The van der Waals surface area contributed by atoms with Crippen molar-refractivity contribution >= 4 is 5.97 Å². The van der Waals surface area contributed by atoms with E-state index in [1.807, 2.05) is 24.3 Å². The van der Waals surface area contributed by atoms with Gasteiger partial charge < -0.3 is 9.47 Å². The van der Waals surface area contributed by atoms with E-state index < -0.39 is 0 Å². The normalized spacial score (nSPS) is 18.3. The minimum absolute atomic E-state index is 0.373. The van der Waals surface area contributed by atoms with Crippen LogP contribution in [-0.4, -0.2) is 17.6 Å². The second kappa shape index (κ2) is 13.2. The smallest absolute Gasteiger partial charge is 0.343 e. The molecule has 1 aromatic heterocycles. The molecular formula is C28H39NO3. The third-order valence-corrected chi connectivity index (χ3v) is 6.72. The van der Waals surface area contributed by atoms with Crippen LogP contribution in [0.4, 0.5) is 0 Å². The number of carbonyl (C=O) groups is 1. The molecule has 0 atom stereocenters. The summed E-state index contributed by atoms with van der Waals surface area (Å²) in [5, 5.41) is 0. The first-order chi connectivity index (χ1) is 15.7. The molecule has 0 saturated heterocycles. The maximum atomic E-state index is 12.4. The Bertz CT molecular complexity index is 792. The number of pyridine rings is 1. The van der Waals surface area contributed by atoms with Crippen LogP contribution in [-0.2, 0) is 6.42 Å². The van der Waals surface area contributed by atoms with Gasteiger partial charge in [-0.2, -0.15) is 0 Å². The van der Waals surface area contributed by atoms with Gasteiger partial charge in [0, 0.05) is 5.69 Å². The summed E-state index contributed by atoms with van der Waals surface area (Å²) in [4.78, 5) is 16.9. The largest absolute Gasteiger partial charge is 0.494 e. The predicted molar refractivity (Wildman–Crippen MR) is 129 cm³/mol. The average Bonchev–Trinajstić information content (AvgIpc) is 2.84. The fourth-order valence-corrected chi connectivity index (χ4v) is 4.47. The molecule has 1 heterocycles. The lowest BCUT2D eigenvalue weighted by Crippen LogP contribution is -2.14. The molecule has 0 amide bonds. The molecule has 0 aliphatic heterocycles. The van der Waals surface area contributed by atoms with Gasteiger partial charge in [-0.25, -0.2) is 4.79 Å². The number of hydrogen-bond donors (Lipinski definition) is 0. The van der Waals surface area contributed by atoms with Crippen LogP contribution >= 0.6 is 0 Å². The van der Waals surface area contributed by atoms with Gasteiger partial charge in [0.15, 0.2) is 0 Å². The number of hydrogen-bond acceptors (Lipinski definition) is 4. The molecule has 1 saturated carbocycles. The number of rotatable bonds is 12. The minimum atomic E-state index is -0.373. The van der Waals surface area contributed by atoms with E-state index in [-0.39, 0.29) is 5.97 Å². The fourth-order valence-electron chi connectivity index (χ4n) is 4.47. The maximum absolute atomic E-state index is 12.4. The van der Waals surface area contributed by atoms with Crippen LogP contribution in [0.1, 0.15) is 94.1 Å². The number of carbonyl (C=O) groups excluding carboxylic acids is 1. The van der Waals surface area contributed by atoms with E-state index >= 15 is 0 Å². The Kier molecular flexibility index (Phi) is 10.1. The van der Waals surface area contributed by atoms with Crippen molar-refractivity contribution < 1.29 is 14.3 Å². The molecular weight excluding hydrogens is 398 g/mol. The Hall–Kier alpha value is -2.36. The topological polar surface area (TPSA) is 48.4 Å². The summed E-state index contributed by atoms with van der Waals surface area (Å²) in [6.07, 6.45) is 15.4. The van der Waals surface area contributed by atoms with Gasteiger partial charge >= 0.3 is 5.97 Å². The van der Waals surface area contributed by atoms with Gasteiger partial charge in [0.25, 0.3) is 0 Å². The second-order valence-electron chi connectivity index (χ2n) is 9.14. The number of unbranched alkanes of at least 4 members (excludes halogenated alkanes) is 3. The van der Waals surface area contributed by atoms with Crippen LogP contribution in [0, 0.1) is 11.8 Å². The lowest BCUT2D eigenvalue weighted by molar-refractivity contribution is 0.0734. The van der Waals surface area contributed by atoms with Crippen molar-refractivity contribution in [1.29, 1.82) is 0 Å². The molecule has 0 N–H and O–H groups in total. The highest BCUT2D eigenvalue weighted by atomic mass is 16.5. The SMILES string of the molecule is CCCCCCOc1ccc(C(=O)Oc2ccc(CCC3CCC(CC)CC3)nc2)cc1. The van der Waals surface area contributed by atoms with Crippen LogP contribution in [0.3, 0.4) is 0 Å². The zero-order valence-electron chi connectivity index (χ0n) is 19.9. The Morgan fingerprint density at radius 3 is 2.28 bits per heavy atom. The summed E-state index contributed by atoms with van der Waals surface area (Å²) in [6, 6.07) is 11.0. The van der Waals surface area contributed by atoms with Crippen molar-refractivity contribution in [2.24, 2.45) is 11.8 Å². The summed E-state index contributed by atoms with van der Waals surface area (Å²) < 4.78 is 11.2. The van der Waals surface area contributed by atoms with Gasteiger partial charge in [-0.1, -0.05) is 65.2 Å². The van der Waals surface area contributed by atoms with Crippen molar-refractivity contribution in [3.05, 3.63) is 53.9 Å². The Morgan fingerprint density at radius 1 is 0.906 bits per heavy atom. The summed E-state index contributed by atoms with van der Waals surface area (Å²) in [7, 11) is 0. The Morgan fingerprint density at radius 2 is 1.62 bits per heavy atom. The molecule has 0 unspecified atom stereocenters.